The highest BCUT2D eigenvalue weighted by atomic mass is 16.5. The molecular formula is C12H14O4. The summed E-state index contributed by atoms with van der Waals surface area (Å²) in [4.78, 5) is 11.7. The summed E-state index contributed by atoms with van der Waals surface area (Å²) in [6, 6.07) is 1.53. The number of carbonyl (C=O) groups is 1. The van der Waals surface area contributed by atoms with Crippen molar-refractivity contribution in [3.63, 3.8) is 0 Å². The molecule has 1 heterocycles. The summed E-state index contributed by atoms with van der Waals surface area (Å²) in [6.07, 6.45) is -0.249. The van der Waals surface area contributed by atoms with Crippen LogP contribution in [0.2, 0.25) is 0 Å². The zero-order chi connectivity index (χ0) is 12.0. The largest absolute Gasteiger partial charge is 0.508 e. The van der Waals surface area contributed by atoms with E-state index in [4.69, 9.17) is 4.74 Å². The lowest BCUT2D eigenvalue weighted by Crippen LogP contribution is -2.28. The number of phenolic OH excluding ortho intramolecular Hbond substituents is 2. The van der Waals surface area contributed by atoms with E-state index in [1.54, 1.807) is 13.8 Å². The molecule has 0 bridgehead atoms. The van der Waals surface area contributed by atoms with Crippen LogP contribution < -0.4 is 0 Å². The summed E-state index contributed by atoms with van der Waals surface area (Å²) in [5.74, 6) is -0.741. The third-order valence-corrected chi connectivity index (χ3v) is 3.25. The summed E-state index contributed by atoms with van der Waals surface area (Å²) in [6.45, 7) is 5.24. The lowest BCUT2D eigenvalue weighted by atomic mass is 9.87. The van der Waals surface area contributed by atoms with E-state index < -0.39 is 5.97 Å². The molecule has 4 heteroatoms. The monoisotopic (exact) mass is 222 g/mol. The van der Waals surface area contributed by atoms with Crippen LogP contribution in [0.1, 0.15) is 41.3 Å². The molecule has 4 nitrogen and oxygen atoms in total. The summed E-state index contributed by atoms with van der Waals surface area (Å²) >= 11 is 0. The number of esters is 1. The first kappa shape index (κ1) is 10.8. The third-order valence-electron chi connectivity index (χ3n) is 3.25. The Bertz CT molecular complexity index is 465. The predicted molar refractivity (Wildman–Crippen MR) is 57.8 cm³/mol. The Balaban J connectivity index is 2.72. The molecule has 1 aromatic rings. The lowest BCUT2D eigenvalue weighted by Gasteiger charge is -2.29. The van der Waals surface area contributed by atoms with E-state index in [1.165, 1.54) is 6.07 Å². The van der Waals surface area contributed by atoms with Gasteiger partial charge in [0.2, 0.25) is 0 Å². The van der Waals surface area contributed by atoms with E-state index in [9.17, 15) is 15.0 Å². The maximum absolute atomic E-state index is 11.7. The van der Waals surface area contributed by atoms with Crippen molar-refractivity contribution in [2.75, 3.05) is 0 Å². The van der Waals surface area contributed by atoms with Gasteiger partial charge in [0.15, 0.2) is 0 Å². The molecule has 0 saturated carbocycles. The smallest absolute Gasteiger partial charge is 0.342 e. The number of hydrogen-bond acceptors (Lipinski definition) is 4. The SMILES string of the molecule is Cc1c(O)cc2c(c1O)C(=O)OC(C)C2C. The number of phenols is 2. The van der Waals surface area contributed by atoms with Crippen molar-refractivity contribution in [1.29, 1.82) is 0 Å². The fraction of sp³-hybridized carbons (Fsp3) is 0.417. The molecule has 1 aliphatic heterocycles. The topological polar surface area (TPSA) is 66.8 Å². The third kappa shape index (κ3) is 1.33. The fourth-order valence-corrected chi connectivity index (χ4v) is 1.93. The van der Waals surface area contributed by atoms with Crippen LogP contribution in [0.4, 0.5) is 0 Å². The minimum absolute atomic E-state index is 0.00463. The molecule has 0 radical (unpaired) electrons. The van der Waals surface area contributed by atoms with E-state index in [2.05, 4.69) is 0 Å². The van der Waals surface area contributed by atoms with Crippen LogP contribution in [-0.2, 0) is 4.74 Å². The summed E-state index contributed by atoms with van der Waals surface area (Å²) in [7, 11) is 0. The first-order chi connectivity index (χ1) is 7.43. The van der Waals surface area contributed by atoms with Crippen LogP contribution in [0.25, 0.3) is 0 Å². The lowest BCUT2D eigenvalue weighted by molar-refractivity contribution is 0.0236. The quantitative estimate of drug-likeness (QED) is 0.659. The Morgan fingerprint density at radius 3 is 2.56 bits per heavy atom. The Morgan fingerprint density at radius 1 is 1.31 bits per heavy atom. The van der Waals surface area contributed by atoms with Crippen LogP contribution in [0.5, 0.6) is 11.5 Å². The first-order valence-corrected chi connectivity index (χ1v) is 5.20. The molecule has 0 fully saturated rings. The van der Waals surface area contributed by atoms with Gasteiger partial charge in [-0.3, -0.25) is 0 Å². The van der Waals surface area contributed by atoms with E-state index in [0.29, 0.717) is 11.1 Å². The van der Waals surface area contributed by atoms with Crippen LogP contribution in [-0.4, -0.2) is 22.3 Å². The number of fused-ring (bicyclic) bond motifs is 1. The van der Waals surface area contributed by atoms with Gasteiger partial charge >= 0.3 is 5.97 Å². The van der Waals surface area contributed by atoms with Crippen molar-refractivity contribution < 1.29 is 19.7 Å². The molecular weight excluding hydrogens is 208 g/mol. The number of ether oxygens (including phenoxy) is 1. The predicted octanol–water partition coefficient (Wildman–Crippen LogP) is 2.07. The van der Waals surface area contributed by atoms with Gasteiger partial charge < -0.3 is 14.9 Å². The van der Waals surface area contributed by atoms with Crippen molar-refractivity contribution in [3.05, 3.63) is 22.8 Å². The number of cyclic esters (lactones) is 1. The average molecular weight is 222 g/mol. The molecule has 1 aromatic carbocycles. The molecule has 2 rings (SSSR count). The van der Waals surface area contributed by atoms with Gasteiger partial charge in [-0.25, -0.2) is 4.79 Å². The van der Waals surface area contributed by atoms with Crippen molar-refractivity contribution in [2.24, 2.45) is 0 Å². The second-order valence-corrected chi connectivity index (χ2v) is 4.23. The van der Waals surface area contributed by atoms with Gasteiger partial charge in [-0.2, -0.15) is 0 Å². The summed E-state index contributed by atoms with van der Waals surface area (Å²) in [5.41, 5.74) is 1.13. The van der Waals surface area contributed by atoms with Gasteiger partial charge in [0.1, 0.15) is 23.2 Å². The van der Waals surface area contributed by atoms with E-state index in [1.807, 2.05) is 6.92 Å². The Morgan fingerprint density at radius 2 is 1.94 bits per heavy atom. The molecule has 86 valence electrons. The molecule has 0 aromatic heterocycles. The highest BCUT2D eigenvalue weighted by Gasteiger charge is 2.33. The average Bonchev–Trinajstić information content (AvgIpc) is 2.22. The molecule has 0 aliphatic carbocycles. The second-order valence-electron chi connectivity index (χ2n) is 4.23. The first-order valence-electron chi connectivity index (χ1n) is 5.20. The van der Waals surface area contributed by atoms with E-state index >= 15 is 0 Å². The Hall–Kier alpha value is -1.71. The molecule has 0 amide bonds. The highest BCUT2D eigenvalue weighted by molar-refractivity contribution is 5.96. The minimum atomic E-state index is -0.527. The fourth-order valence-electron chi connectivity index (χ4n) is 1.93. The Labute approximate surface area is 93.5 Å². The number of aromatic hydroxyl groups is 2. The van der Waals surface area contributed by atoms with Gasteiger partial charge in [0, 0.05) is 11.5 Å². The van der Waals surface area contributed by atoms with Crippen molar-refractivity contribution in [1.82, 2.24) is 0 Å². The molecule has 1 aliphatic rings. The van der Waals surface area contributed by atoms with E-state index in [0.717, 1.165) is 0 Å². The normalized spacial score (nSPS) is 23.8. The molecule has 0 spiro atoms. The number of rotatable bonds is 0. The zero-order valence-electron chi connectivity index (χ0n) is 9.44. The second kappa shape index (κ2) is 3.40. The molecule has 2 N–H and O–H groups in total. The van der Waals surface area contributed by atoms with Gasteiger partial charge in [-0.05, 0) is 25.5 Å². The summed E-state index contributed by atoms with van der Waals surface area (Å²) < 4.78 is 5.12. The van der Waals surface area contributed by atoms with Crippen molar-refractivity contribution >= 4 is 5.97 Å². The minimum Gasteiger partial charge on any atom is -0.508 e. The van der Waals surface area contributed by atoms with Crippen LogP contribution in [0, 0.1) is 6.92 Å². The Kier molecular flexibility index (Phi) is 2.30. The van der Waals surface area contributed by atoms with Gasteiger partial charge in [-0.15, -0.1) is 0 Å². The highest BCUT2D eigenvalue weighted by Crippen LogP contribution is 2.40. The van der Waals surface area contributed by atoms with Crippen LogP contribution >= 0.6 is 0 Å². The van der Waals surface area contributed by atoms with Crippen LogP contribution in [0.15, 0.2) is 6.07 Å². The van der Waals surface area contributed by atoms with Gasteiger partial charge in [0.25, 0.3) is 0 Å². The van der Waals surface area contributed by atoms with Gasteiger partial charge in [-0.1, -0.05) is 6.92 Å². The zero-order valence-corrected chi connectivity index (χ0v) is 9.44. The standard InChI is InChI=1S/C12H14O4/c1-5-7(3)16-12(15)10-8(5)4-9(13)6(2)11(10)14/h4-5,7,13-14H,1-3H3. The molecule has 16 heavy (non-hydrogen) atoms. The maximum atomic E-state index is 11.7. The number of benzene rings is 1. The molecule has 0 saturated heterocycles. The number of carbonyl (C=O) groups excluding carboxylic acids is 1. The molecule has 2 atom stereocenters. The van der Waals surface area contributed by atoms with Gasteiger partial charge in [0.05, 0.1) is 0 Å². The maximum Gasteiger partial charge on any atom is 0.342 e. The number of hydrogen-bond donors (Lipinski definition) is 2. The van der Waals surface area contributed by atoms with Crippen molar-refractivity contribution in [2.45, 2.75) is 32.8 Å². The van der Waals surface area contributed by atoms with Crippen LogP contribution in [0.3, 0.4) is 0 Å². The summed E-state index contributed by atoms with van der Waals surface area (Å²) in [5, 5.41) is 19.5. The molecule has 2 unspecified atom stereocenters. The van der Waals surface area contributed by atoms with E-state index in [-0.39, 0.29) is 29.1 Å². The van der Waals surface area contributed by atoms with Crippen molar-refractivity contribution in [3.8, 4) is 11.5 Å².